The van der Waals surface area contributed by atoms with Gasteiger partial charge in [-0.2, -0.15) is 5.10 Å². The second-order valence-corrected chi connectivity index (χ2v) is 5.05. The quantitative estimate of drug-likeness (QED) is 0.817. The Balaban J connectivity index is 2.08. The standard InChI is InChI=1S/C10H9BrFN3S/c1-15-10(13-6-14-15)16-5-7-2-3-8(11)4-9(7)12/h2-4,6H,5H2,1H3. The van der Waals surface area contributed by atoms with Gasteiger partial charge in [-0.15, -0.1) is 0 Å². The van der Waals surface area contributed by atoms with Crippen LogP contribution in [0.25, 0.3) is 0 Å². The van der Waals surface area contributed by atoms with Gasteiger partial charge in [0.05, 0.1) is 0 Å². The van der Waals surface area contributed by atoms with Gasteiger partial charge in [-0.05, 0) is 17.7 Å². The van der Waals surface area contributed by atoms with Crippen molar-refractivity contribution in [1.82, 2.24) is 14.8 Å². The lowest BCUT2D eigenvalue weighted by Crippen LogP contribution is -1.94. The summed E-state index contributed by atoms with van der Waals surface area (Å²) in [4.78, 5) is 4.06. The van der Waals surface area contributed by atoms with E-state index in [0.29, 0.717) is 11.3 Å². The first-order valence-corrected chi connectivity index (χ1v) is 6.35. The minimum atomic E-state index is -0.205. The molecule has 0 amide bonds. The molecule has 0 atom stereocenters. The molecule has 2 aromatic rings. The Hall–Kier alpha value is -0.880. The van der Waals surface area contributed by atoms with Crippen molar-refractivity contribution >= 4 is 27.7 Å². The highest BCUT2D eigenvalue weighted by atomic mass is 79.9. The summed E-state index contributed by atoms with van der Waals surface area (Å²) in [6.45, 7) is 0. The molecule has 0 spiro atoms. The van der Waals surface area contributed by atoms with E-state index in [9.17, 15) is 4.39 Å². The molecule has 0 aliphatic heterocycles. The van der Waals surface area contributed by atoms with Crippen LogP contribution >= 0.6 is 27.7 Å². The fourth-order valence-corrected chi connectivity index (χ4v) is 2.40. The van der Waals surface area contributed by atoms with Crippen LogP contribution in [0, 0.1) is 5.82 Å². The van der Waals surface area contributed by atoms with Gasteiger partial charge in [0, 0.05) is 17.3 Å². The Kier molecular flexibility index (Phi) is 3.60. The predicted molar refractivity (Wildman–Crippen MR) is 64.7 cm³/mol. The minimum Gasteiger partial charge on any atom is -0.244 e. The lowest BCUT2D eigenvalue weighted by Gasteiger charge is -2.03. The van der Waals surface area contributed by atoms with Crippen LogP contribution < -0.4 is 0 Å². The van der Waals surface area contributed by atoms with Crippen molar-refractivity contribution in [3.63, 3.8) is 0 Å². The summed E-state index contributed by atoms with van der Waals surface area (Å²) in [7, 11) is 1.81. The van der Waals surface area contributed by atoms with Crippen molar-refractivity contribution in [3.05, 3.63) is 40.4 Å². The monoisotopic (exact) mass is 301 g/mol. The average molecular weight is 302 g/mol. The average Bonchev–Trinajstić information content (AvgIpc) is 2.63. The van der Waals surface area contributed by atoms with E-state index in [1.165, 1.54) is 24.2 Å². The van der Waals surface area contributed by atoms with Gasteiger partial charge >= 0.3 is 0 Å². The van der Waals surface area contributed by atoms with Crippen molar-refractivity contribution in [2.75, 3.05) is 0 Å². The molecule has 1 aromatic heterocycles. The van der Waals surface area contributed by atoms with Crippen LogP contribution in [0.3, 0.4) is 0 Å². The lowest BCUT2D eigenvalue weighted by molar-refractivity contribution is 0.616. The third-order valence-corrected chi connectivity index (χ3v) is 3.62. The van der Waals surface area contributed by atoms with Gasteiger partial charge in [0.1, 0.15) is 12.1 Å². The van der Waals surface area contributed by atoms with Gasteiger partial charge in [-0.25, -0.2) is 14.1 Å². The molecule has 84 valence electrons. The molecular weight excluding hydrogens is 293 g/mol. The summed E-state index contributed by atoms with van der Waals surface area (Å²) >= 11 is 4.69. The number of aromatic nitrogens is 3. The van der Waals surface area contributed by atoms with Gasteiger partial charge < -0.3 is 0 Å². The number of hydrogen-bond donors (Lipinski definition) is 0. The molecule has 2 rings (SSSR count). The Morgan fingerprint density at radius 2 is 2.31 bits per heavy atom. The van der Waals surface area contributed by atoms with Crippen LogP contribution in [-0.4, -0.2) is 14.8 Å². The zero-order chi connectivity index (χ0) is 11.5. The number of nitrogens with zero attached hydrogens (tertiary/aromatic N) is 3. The van der Waals surface area contributed by atoms with Crippen LogP contribution in [0.2, 0.25) is 0 Å². The Labute approximate surface area is 105 Å². The van der Waals surface area contributed by atoms with Gasteiger partial charge in [0.15, 0.2) is 5.16 Å². The number of benzene rings is 1. The van der Waals surface area contributed by atoms with Crippen molar-refractivity contribution in [3.8, 4) is 0 Å². The van der Waals surface area contributed by atoms with Crippen LogP contribution in [-0.2, 0) is 12.8 Å². The SMILES string of the molecule is Cn1ncnc1SCc1ccc(Br)cc1F. The van der Waals surface area contributed by atoms with E-state index < -0.39 is 0 Å². The van der Waals surface area contributed by atoms with Crippen molar-refractivity contribution in [2.45, 2.75) is 10.9 Å². The Morgan fingerprint density at radius 3 is 2.94 bits per heavy atom. The number of halogens is 2. The molecule has 0 aliphatic carbocycles. The van der Waals surface area contributed by atoms with E-state index in [4.69, 9.17) is 0 Å². The van der Waals surface area contributed by atoms with Crippen LogP contribution in [0.15, 0.2) is 34.2 Å². The predicted octanol–water partition coefficient (Wildman–Crippen LogP) is 3.01. The minimum absolute atomic E-state index is 0.205. The topological polar surface area (TPSA) is 30.7 Å². The maximum Gasteiger partial charge on any atom is 0.186 e. The second-order valence-electron chi connectivity index (χ2n) is 3.19. The van der Waals surface area contributed by atoms with E-state index in [-0.39, 0.29) is 5.82 Å². The van der Waals surface area contributed by atoms with E-state index in [1.54, 1.807) is 10.7 Å². The summed E-state index contributed by atoms with van der Waals surface area (Å²) < 4.78 is 15.9. The molecule has 0 fully saturated rings. The van der Waals surface area contributed by atoms with Crippen molar-refractivity contribution in [1.29, 1.82) is 0 Å². The third-order valence-electron chi connectivity index (χ3n) is 2.04. The number of thioether (sulfide) groups is 1. The molecule has 16 heavy (non-hydrogen) atoms. The third kappa shape index (κ3) is 2.62. The summed E-state index contributed by atoms with van der Waals surface area (Å²) in [6.07, 6.45) is 1.49. The first-order valence-electron chi connectivity index (χ1n) is 4.57. The molecule has 0 bridgehead atoms. The highest BCUT2D eigenvalue weighted by Crippen LogP contribution is 2.23. The van der Waals surface area contributed by atoms with E-state index >= 15 is 0 Å². The summed E-state index contributed by atoms with van der Waals surface area (Å²) in [5.41, 5.74) is 0.663. The van der Waals surface area contributed by atoms with Crippen LogP contribution in [0.1, 0.15) is 5.56 Å². The first kappa shape index (κ1) is 11.6. The Morgan fingerprint density at radius 1 is 1.50 bits per heavy atom. The van der Waals surface area contributed by atoms with E-state index in [1.807, 2.05) is 13.1 Å². The fourth-order valence-electron chi connectivity index (χ4n) is 1.20. The van der Waals surface area contributed by atoms with E-state index in [2.05, 4.69) is 26.0 Å². The molecule has 1 heterocycles. The van der Waals surface area contributed by atoms with Gasteiger partial charge in [-0.3, -0.25) is 0 Å². The van der Waals surface area contributed by atoms with Crippen LogP contribution in [0.5, 0.6) is 0 Å². The number of aryl methyl sites for hydroxylation is 1. The molecule has 0 saturated carbocycles. The molecule has 0 radical (unpaired) electrons. The number of rotatable bonds is 3. The van der Waals surface area contributed by atoms with Crippen LogP contribution in [0.4, 0.5) is 4.39 Å². The largest absolute Gasteiger partial charge is 0.244 e. The molecule has 6 heteroatoms. The van der Waals surface area contributed by atoms with Gasteiger partial charge in [-0.1, -0.05) is 33.8 Å². The molecular formula is C10H9BrFN3S. The maximum absolute atomic E-state index is 13.5. The zero-order valence-corrected chi connectivity index (χ0v) is 10.9. The first-order chi connectivity index (χ1) is 7.66. The maximum atomic E-state index is 13.5. The van der Waals surface area contributed by atoms with Gasteiger partial charge in [0.2, 0.25) is 0 Å². The highest BCUT2D eigenvalue weighted by molar-refractivity contribution is 9.10. The molecule has 0 N–H and O–H groups in total. The van der Waals surface area contributed by atoms with Crippen molar-refractivity contribution in [2.24, 2.45) is 7.05 Å². The highest BCUT2D eigenvalue weighted by Gasteiger charge is 2.06. The summed E-state index contributed by atoms with van der Waals surface area (Å²) in [5.74, 6) is 0.343. The van der Waals surface area contributed by atoms with E-state index in [0.717, 1.165) is 9.63 Å². The summed E-state index contributed by atoms with van der Waals surface area (Å²) in [5, 5.41) is 4.73. The Bertz CT molecular complexity index is 501. The number of hydrogen-bond acceptors (Lipinski definition) is 3. The lowest BCUT2D eigenvalue weighted by atomic mass is 10.2. The molecule has 0 aliphatic rings. The smallest absolute Gasteiger partial charge is 0.186 e. The zero-order valence-electron chi connectivity index (χ0n) is 8.52. The van der Waals surface area contributed by atoms with Gasteiger partial charge in [0.25, 0.3) is 0 Å². The van der Waals surface area contributed by atoms with Crippen molar-refractivity contribution < 1.29 is 4.39 Å². The molecule has 0 saturated heterocycles. The summed E-state index contributed by atoms with van der Waals surface area (Å²) in [6, 6.07) is 5.06. The molecule has 1 aromatic carbocycles. The normalized spacial score (nSPS) is 10.7. The second kappa shape index (κ2) is 4.97. The molecule has 0 unspecified atom stereocenters. The fraction of sp³-hybridized carbons (Fsp3) is 0.200. The molecule has 3 nitrogen and oxygen atoms in total.